The second-order valence-electron chi connectivity index (χ2n) is 6.76. The van der Waals surface area contributed by atoms with Gasteiger partial charge in [-0.15, -0.1) is 0 Å². The Morgan fingerprint density at radius 3 is 2.83 bits per heavy atom. The van der Waals surface area contributed by atoms with E-state index in [-0.39, 0.29) is 12.0 Å². The fourth-order valence-corrected chi connectivity index (χ4v) is 3.97. The molecule has 0 bridgehead atoms. The number of benzene rings is 1. The van der Waals surface area contributed by atoms with Gasteiger partial charge in [0.2, 0.25) is 0 Å². The lowest BCUT2D eigenvalue weighted by Gasteiger charge is -2.33. The summed E-state index contributed by atoms with van der Waals surface area (Å²) in [4.78, 5) is 17.8. The molecule has 0 aliphatic carbocycles. The number of nitrogens with zero attached hydrogens (tertiary/aromatic N) is 1. The van der Waals surface area contributed by atoms with E-state index in [0.717, 1.165) is 56.6 Å². The van der Waals surface area contributed by atoms with Crippen molar-refractivity contribution in [1.82, 2.24) is 9.88 Å². The quantitative estimate of drug-likeness (QED) is 0.942. The van der Waals surface area contributed by atoms with Gasteiger partial charge < -0.3 is 19.4 Å². The maximum absolute atomic E-state index is 12.5. The fourth-order valence-electron chi connectivity index (χ4n) is 3.97. The molecule has 1 amide bonds. The number of aromatic nitrogens is 1. The van der Waals surface area contributed by atoms with Gasteiger partial charge in [-0.05, 0) is 55.4 Å². The number of rotatable bonds is 3. The van der Waals surface area contributed by atoms with Crippen molar-refractivity contribution in [3.63, 3.8) is 0 Å². The lowest BCUT2D eigenvalue weighted by molar-refractivity contribution is -0.142. The van der Waals surface area contributed by atoms with Crippen molar-refractivity contribution in [3.05, 3.63) is 30.0 Å². The Hall–Kier alpha value is -2.01. The Kier molecular flexibility index (Phi) is 4.19. The van der Waals surface area contributed by atoms with Crippen molar-refractivity contribution in [3.8, 4) is 5.75 Å². The van der Waals surface area contributed by atoms with Gasteiger partial charge in [-0.2, -0.15) is 0 Å². The minimum absolute atomic E-state index is 0.187. The standard InChI is InChI=1S/C19H24N2O3/c1-23-14-4-5-17-15(11-14)16(12-20-17)13-6-8-21(9-7-13)19(22)18-3-2-10-24-18/h4-5,11-13,18,20H,2-3,6-10H2,1H3/t18-/m1/s1. The zero-order valence-corrected chi connectivity index (χ0v) is 14.1. The molecule has 2 aliphatic rings. The first kappa shape index (κ1) is 15.5. The average Bonchev–Trinajstić information content (AvgIpc) is 3.30. The van der Waals surface area contributed by atoms with Crippen LogP contribution >= 0.6 is 0 Å². The van der Waals surface area contributed by atoms with Gasteiger partial charge in [-0.25, -0.2) is 0 Å². The molecule has 0 radical (unpaired) electrons. The predicted octanol–water partition coefficient (Wildman–Crippen LogP) is 3.06. The van der Waals surface area contributed by atoms with Crippen LogP contribution in [0.15, 0.2) is 24.4 Å². The molecule has 0 unspecified atom stereocenters. The number of amides is 1. The molecule has 5 heteroatoms. The normalized spacial score (nSPS) is 22.2. The molecule has 1 aromatic carbocycles. The molecule has 24 heavy (non-hydrogen) atoms. The fraction of sp³-hybridized carbons (Fsp3) is 0.526. The average molecular weight is 328 g/mol. The molecule has 4 rings (SSSR count). The highest BCUT2D eigenvalue weighted by Gasteiger charge is 2.31. The summed E-state index contributed by atoms with van der Waals surface area (Å²) in [6.45, 7) is 2.37. The highest BCUT2D eigenvalue weighted by atomic mass is 16.5. The minimum atomic E-state index is -0.195. The van der Waals surface area contributed by atoms with Gasteiger partial charge in [0, 0.05) is 36.8 Å². The third kappa shape index (κ3) is 2.77. The van der Waals surface area contributed by atoms with E-state index in [1.807, 2.05) is 11.0 Å². The topological polar surface area (TPSA) is 54.6 Å². The minimum Gasteiger partial charge on any atom is -0.497 e. The Balaban J connectivity index is 1.46. The second kappa shape index (κ2) is 6.48. The summed E-state index contributed by atoms with van der Waals surface area (Å²) in [5.74, 6) is 1.56. The summed E-state index contributed by atoms with van der Waals surface area (Å²) in [6, 6.07) is 6.14. The number of methoxy groups -OCH3 is 1. The summed E-state index contributed by atoms with van der Waals surface area (Å²) in [5, 5.41) is 1.23. The lowest BCUT2D eigenvalue weighted by atomic mass is 9.89. The summed E-state index contributed by atoms with van der Waals surface area (Å²) in [6.07, 6.45) is 5.81. The van der Waals surface area contributed by atoms with Crippen LogP contribution in [0.5, 0.6) is 5.75 Å². The zero-order chi connectivity index (χ0) is 16.5. The SMILES string of the molecule is COc1ccc2[nH]cc(C3CCN(C(=O)[C@H]4CCCO4)CC3)c2c1. The molecule has 0 spiro atoms. The van der Waals surface area contributed by atoms with E-state index in [4.69, 9.17) is 9.47 Å². The van der Waals surface area contributed by atoms with Crippen LogP contribution in [-0.4, -0.2) is 48.7 Å². The van der Waals surface area contributed by atoms with Crippen LogP contribution in [-0.2, 0) is 9.53 Å². The zero-order valence-electron chi connectivity index (χ0n) is 14.1. The molecule has 3 heterocycles. The van der Waals surface area contributed by atoms with Crippen LogP contribution in [0.4, 0.5) is 0 Å². The van der Waals surface area contributed by atoms with Gasteiger partial charge in [0.25, 0.3) is 5.91 Å². The molecule has 1 N–H and O–H groups in total. The van der Waals surface area contributed by atoms with Crippen LogP contribution < -0.4 is 4.74 Å². The van der Waals surface area contributed by atoms with Crippen LogP contribution in [0.25, 0.3) is 10.9 Å². The van der Waals surface area contributed by atoms with Crippen LogP contribution in [0.3, 0.4) is 0 Å². The number of ether oxygens (including phenoxy) is 2. The van der Waals surface area contributed by atoms with Crippen molar-refractivity contribution in [2.45, 2.75) is 37.7 Å². The molecule has 1 atom stereocenters. The van der Waals surface area contributed by atoms with Crippen molar-refractivity contribution in [1.29, 1.82) is 0 Å². The van der Waals surface area contributed by atoms with Gasteiger partial charge >= 0.3 is 0 Å². The number of H-pyrrole nitrogens is 1. The number of hydrogen-bond donors (Lipinski definition) is 1. The largest absolute Gasteiger partial charge is 0.497 e. The van der Waals surface area contributed by atoms with E-state index < -0.39 is 0 Å². The molecule has 1 aromatic heterocycles. The number of nitrogens with one attached hydrogen (secondary N) is 1. The van der Waals surface area contributed by atoms with E-state index in [2.05, 4.69) is 23.3 Å². The number of aromatic amines is 1. The Labute approximate surface area is 141 Å². The highest BCUT2D eigenvalue weighted by molar-refractivity contribution is 5.85. The van der Waals surface area contributed by atoms with E-state index in [9.17, 15) is 4.79 Å². The van der Waals surface area contributed by atoms with E-state index >= 15 is 0 Å². The number of carbonyl (C=O) groups is 1. The number of carbonyl (C=O) groups excluding carboxylic acids is 1. The van der Waals surface area contributed by atoms with Crippen molar-refractivity contribution in [2.24, 2.45) is 0 Å². The van der Waals surface area contributed by atoms with Crippen molar-refractivity contribution < 1.29 is 14.3 Å². The van der Waals surface area contributed by atoms with Crippen LogP contribution in [0, 0.1) is 0 Å². The number of piperidine rings is 1. The van der Waals surface area contributed by atoms with Gasteiger partial charge in [-0.1, -0.05) is 0 Å². The van der Waals surface area contributed by atoms with Gasteiger partial charge in [0.05, 0.1) is 7.11 Å². The number of hydrogen-bond acceptors (Lipinski definition) is 3. The summed E-state index contributed by atoms with van der Waals surface area (Å²) in [5.41, 5.74) is 2.48. The number of fused-ring (bicyclic) bond motifs is 1. The first-order chi connectivity index (χ1) is 11.8. The molecule has 0 saturated carbocycles. The van der Waals surface area contributed by atoms with Gasteiger partial charge in [0.15, 0.2) is 0 Å². The summed E-state index contributed by atoms with van der Waals surface area (Å²) >= 11 is 0. The van der Waals surface area contributed by atoms with E-state index in [0.29, 0.717) is 5.92 Å². The highest BCUT2D eigenvalue weighted by Crippen LogP contribution is 2.35. The molecular formula is C19H24N2O3. The third-order valence-electron chi connectivity index (χ3n) is 5.37. The molecule has 2 saturated heterocycles. The van der Waals surface area contributed by atoms with Crippen molar-refractivity contribution in [2.75, 3.05) is 26.8 Å². The smallest absolute Gasteiger partial charge is 0.251 e. The summed E-state index contributed by atoms with van der Waals surface area (Å²) in [7, 11) is 1.70. The van der Waals surface area contributed by atoms with Crippen LogP contribution in [0.1, 0.15) is 37.2 Å². The molecule has 5 nitrogen and oxygen atoms in total. The first-order valence-corrected chi connectivity index (χ1v) is 8.81. The second-order valence-corrected chi connectivity index (χ2v) is 6.76. The summed E-state index contributed by atoms with van der Waals surface area (Å²) < 4.78 is 10.9. The Morgan fingerprint density at radius 1 is 1.29 bits per heavy atom. The first-order valence-electron chi connectivity index (χ1n) is 8.81. The van der Waals surface area contributed by atoms with E-state index in [1.54, 1.807) is 7.11 Å². The maximum atomic E-state index is 12.5. The monoisotopic (exact) mass is 328 g/mol. The number of likely N-dealkylation sites (tertiary alicyclic amines) is 1. The third-order valence-corrected chi connectivity index (χ3v) is 5.37. The van der Waals surface area contributed by atoms with Gasteiger partial charge in [-0.3, -0.25) is 4.79 Å². The lowest BCUT2D eigenvalue weighted by Crippen LogP contribution is -2.43. The van der Waals surface area contributed by atoms with Crippen LogP contribution in [0.2, 0.25) is 0 Å². The molecule has 2 fully saturated rings. The Bertz CT molecular complexity index is 725. The van der Waals surface area contributed by atoms with Crippen molar-refractivity contribution >= 4 is 16.8 Å². The van der Waals surface area contributed by atoms with E-state index in [1.165, 1.54) is 10.9 Å². The molecular weight excluding hydrogens is 304 g/mol. The van der Waals surface area contributed by atoms with Gasteiger partial charge in [0.1, 0.15) is 11.9 Å². The predicted molar refractivity (Wildman–Crippen MR) is 92.4 cm³/mol. The molecule has 128 valence electrons. The molecule has 2 aromatic rings. The Morgan fingerprint density at radius 2 is 2.12 bits per heavy atom. The molecule has 2 aliphatic heterocycles. The maximum Gasteiger partial charge on any atom is 0.251 e.